The van der Waals surface area contributed by atoms with Crippen LogP contribution in [0.1, 0.15) is 56.1 Å². The van der Waals surface area contributed by atoms with Crippen LogP contribution < -0.4 is 14.2 Å². The second kappa shape index (κ2) is 12.6. The smallest absolute Gasteiger partial charge is 0.314 e. The topological polar surface area (TPSA) is 71.1 Å². The van der Waals surface area contributed by atoms with Crippen molar-refractivity contribution in [2.24, 2.45) is 5.41 Å². The molecule has 34 heavy (non-hydrogen) atoms. The summed E-state index contributed by atoms with van der Waals surface area (Å²) in [6.07, 6.45) is 5.70. The maximum atomic E-state index is 12.7. The maximum absolute atomic E-state index is 12.7. The molecule has 0 aromatic heterocycles. The zero-order chi connectivity index (χ0) is 25.1. The van der Waals surface area contributed by atoms with Crippen molar-refractivity contribution in [1.82, 2.24) is 0 Å². The van der Waals surface area contributed by atoms with Gasteiger partial charge in [0.25, 0.3) is 0 Å². The third-order valence-corrected chi connectivity index (χ3v) is 4.74. The van der Waals surface area contributed by atoms with Gasteiger partial charge in [-0.05, 0) is 89.1 Å². The van der Waals surface area contributed by atoms with Crippen molar-refractivity contribution in [3.05, 3.63) is 71.8 Å². The molecule has 0 bridgehead atoms. The minimum atomic E-state index is -0.593. The van der Waals surface area contributed by atoms with Gasteiger partial charge in [0.05, 0.1) is 18.6 Å². The Kier molecular flexibility index (Phi) is 9.92. The third-order valence-electron chi connectivity index (χ3n) is 4.74. The highest BCUT2D eigenvalue weighted by Crippen LogP contribution is 2.31. The van der Waals surface area contributed by atoms with Gasteiger partial charge in [-0.25, -0.2) is 0 Å². The highest BCUT2D eigenvalue weighted by Gasteiger charge is 2.23. The first-order valence-corrected chi connectivity index (χ1v) is 11.4. The number of carbonyl (C=O) groups excluding carboxylic acids is 2. The van der Waals surface area contributed by atoms with E-state index in [1.807, 2.05) is 32.1 Å². The number of ether oxygens (including phenoxy) is 4. The predicted molar refractivity (Wildman–Crippen MR) is 134 cm³/mol. The van der Waals surface area contributed by atoms with Gasteiger partial charge in [-0.3, -0.25) is 9.59 Å². The van der Waals surface area contributed by atoms with Crippen LogP contribution in [0.15, 0.2) is 55.1 Å². The molecule has 0 fully saturated rings. The van der Waals surface area contributed by atoms with Gasteiger partial charge in [0, 0.05) is 17.2 Å². The average Bonchev–Trinajstić information content (AvgIpc) is 2.79. The Hall–Kier alpha value is -3.54. The molecule has 0 unspecified atom stereocenters. The summed E-state index contributed by atoms with van der Waals surface area (Å²) in [4.78, 5) is 24.5. The second-order valence-corrected chi connectivity index (χ2v) is 8.52. The van der Waals surface area contributed by atoms with E-state index in [9.17, 15) is 9.59 Å². The first-order chi connectivity index (χ1) is 16.2. The Bertz CT molecular complexity index is 1010. The van der Waals surface area contributed by atoms with Gasteiger partial charge >= 0.3 is 5.97 Å². The standard InChI is InChI=1S/C28H34O6/c1-7-10-21-17-22(26(32-9-3)18-25(21)31-8-2)13-16-24(29)20-11-14-23(15-12-20)33-19-34-27(30)28(4,5)6/h7,11-18H,1,8-10,19H2,2-6H3. The lowest BCUT2D eigenvalue weighted by molar-refractivity contribution is -0.159. The van der Waals surface area contributed by atoms with E-state index in [2.05, 4.69) is 6.58 Å². The van der Waals surface area contributed by atoms with Crippen molar-refractivity contribution >= 4 is 17.8 Å². The lowest BCUT2D eigenvalue weighted by Crippen LogP contribution is -2.24. The van der Waals surface area contributed by atoms with Gasteiger partial charge in [-0.2, -0.15) is 0 Å². The van der Waals surface area contributed by atoms with E-state index in [0.29, 0.717) is 36.7 Å². The van der Waals surface area contributed by atoms with Crippen LogP contribution >= 0.6 is 0 Å². The van der Waals surface area contributed by atoms with E-state index in [1.165, 1.54) is 6.08 Å². The number of esters is 1. The Morgan fingerprint density at radius 3 is 2.18 bits per heavy atom. The number of allylic oxidation sites excluding steroid dienone is 2. The molecule has 0 aliphatic heterocycles. The molecule has 0 amide bonds. The van der Waals surface area contributed by atoms with Crippen molar-refractivity contribution in [3.8, 4) is 17.2 Å². The monoisotopic (exact) mass is 466 g/mol. The molecule has 0 aliphatic carbocycles. The Morgan fingerprint density at radius 1 is 0.941 bits per heavy atom. The largest absolute Gasteiger partial charge is 0.493 e. The molecule has 0 aliphatic rings. The number of ketones is 1. The van der Waals surface area contributed by atoms with Crippen molar-refractivity contribution in [2.75, 3.05) is 20.0 Å². The zero-order valence-corrected chi connectivity index (χ0v) is 20.7. The quantitative estimate of drug-likeness (QED) is 0.125. The van der Waals surface area contributed by atoms with Gasteiger partial charge in [-0.1, -0.05) is 6.08 Å². The normalized spacial score (nSPS) is 11.2. The SMILES string of the molecule is C=CCc1cc(C=CC(=O)c2ccc(OCOC(=O)C(C)(C)C)cc2)c(OCC)cc1OCC. The molecule has 0 N–H and O–H groups in total. The minimum absolute atomic E-state index is 0.160. The Labute approximate surface area is 202 Å². The van der Waals surface area contributed by atoms with Gasteiger partial charge < -0.3 is 18.9 Å². The number of carbonyl (C=O) groups is 2. The van der Waals surface area contributed by atoms with Crippen LogP contribution in [-0.2, 0) is 16.0 Å². The minimum Gasteiger partial charge on any atom is -0.493 e. The summed E-state index contributed by atoms with van der Waals surface area (Å²) >= 11 is 0. The Balaban J connectivity index is 2.11. The van der Waals surface area contributed by atoms with E-state index in [0.717, 1.165) is 16.9 Å². The maximum Gasteiger partial charge on any atom is 0.314 e. The van der Waals surface area contributed by atoms with Crippen molar-refractivity contribution < 1.29 is 28.5 Å². The molecule has 182 valence electrons. The van der Waals surface area contributed by atoms with E-state index >= 15 is 0 Å². The van der Waals surface area contributed by atoms with Crippen molar-refractivity contribution in [3.63, 3.8) is 0 Å². The highest BCUT2D eigenvalue weighted by atomic mass is 16.7. The second-order valence-electron chi connectivity index (χ2n) is 8.52. The molecule has 0 heterocycles. The average molecular weight is 467 g/mol. The van der Waals surface area contributed by atoms with E-state index in [4.69, 9.17) is 18.9 Å². The highest BCUT2D eigenvalue weighted by molar-refractivity contribution is 6.07. The molecule has 0 saturated carbocycles. The number of hydrogen-bond acceptors (Lipinski definition) is 6. The fraction of sp³-hybridized carbons (Fsp3) is 0.357. The first-order valence-electron chi connectivity index (χ1n) is 11.4. The van der Waals surface area contributed by atoms with Crippen LogP contribution in [0.3, 0.4) is 0 Å². The van der Waals surface area contributed by atoms with Crippen LogP contribution in [0.5, 0.6) is 17.2 Å². The fourth-order valence-corrected chi connectivity index (χ4v) is 2.99. The molecule has 6 heteroatoms. The van der Waals surface area contributed by atoms with Crippen LogP contribution in [0, 0.1) is 5.41 Å². The van der Waals surface area contributed by atoms with E-state index in [-0.39, 0.29) is 18.5 Å². The van der Waals surface area contributed by atoms with E-state index in [1.54, 1.807) is 51.1 Å². The lowest BCUT2D eigenvalue weighted by atomic mass is 9.98. The van der Waals surface area contributed by atoms with Crippen LogP contribution in [0.25, 0.3) is 6.08 Å². The summed E-state index contributed by atoms with van der Waals surface area (Å²) in [5, 5.41) is 0. The summed E-state index contributed by atoms with van der Waals surface area (Å²) in [7, 11) is 0. The van der Waals surface area contributed by atoms with Gasteiger partial charge in [0.2, 0.25) is 6.79 Å². The van der Waals surface area contributed by atoms with Gasteiger partial charge in [0.1, 0.15) is 17.2 Å². The summed E-state index contributed by atoms with van der Waals surface area (Å²) in [6, 6.07) is 10.5. The number of benzene rings is 2. The Morgan fingerprint density at radius 2 is 1.59 bits per heavy atom. The molecule has 0 saturated heterocycles. The van der Waals surface area contributed by atoms with Gasteiger partial charge in [0.15, 0.2) is 5.78 Å². The van der Waals surface area contributed by atoms with Crippen molar-refractivity contribution in [1.29, 1.82) is 0 Å². The van der Waals surface area contributed by atoms with Crippen molar-refractivity contribution in [2.45, 2.75) is 41.0 Å². The van der Waals surface area contributed by atoms with Crippen LogP contribution in [0.4, 0.5) is 0 Å². The molecule has 0 spiro atoms. The molecule has 2 aromatic rings. The molecule has 6 nitrogen and oxygen atoms in total. The molecule has 2 aromatic carbocycles. The summed E-state index contributed by atoms with van der Waals surface area (Å²) < 4.78 is 22.0. The molecule has 0 atom stereocenters. The lowest BCUT2D eigenvalue weighted by Gasteiger charge is -2.16. The summed E-state index contributed by atoms with van der Waals surface area (Å²) in [5.74, 6) is 1.39. The first kappa shape index (κ1) is 26.7. The van der Waals surface area contributed by atoms with Crippen LogP contribution in [0.2, 0.25) is 0 Å². The summed E-state index contributed by atoms with van der Waals surface area (Å²) in [6.45, 7) is 13.8. The number of hydrogen-bond donors (Lipinski definition) is 0. The van der Waals surface area contributed by atoms with Crippen LogP contribution in [-0.4, -0.2) is 31.8 Å². The zero-order valence-electron chi connectivity index (χ0n) is 20.7. The molecular formula is C28H34O6. The molecule has 2 rings (SSSR count). The third kappa shape index (κ3) is 7.80. The summed E-state index contributed by atoms with van der Waals surface area (Å²) in [5.41, 5.74) is 1.67. The van der Waals surface area contributed by atoms with E-state index < -0.39 is 5.41 Å². The predicted octanol–water partition coefficient (Wildman–Crippen LogP) is 6.03. The fourth-order valence-electron chi connectivity index (χ4n) is 2.99. The molecule has 0 radical (unpaired) electrons. The van der Waals surface area contributed by atoms with Gasteiger partial charge in [-0.15, -0.1) is 6.58 Å². The number of rotatable bonds is 12. The molecular weight excluding hydrogens is 432 g/mol.